The number of hydrogen-bond donors (Lipinski definition) is 1. The van der Waals surface area contributed by atoms with E-state index in [-0.39, 0.29) is 12.4 Å². The van der Waals surface area contributed by atoms with Gasteiger partial charge in [0.15, 0.2) is 5.82 Å². The zero-order chi connectivity index (χ0) is 17.2. The van der Waals surface area contributed by atoms with Crippen LogP contribution in [0.5, 0.6) is 0 Å². The summed E-state index contributed by atoms with van der Waals surface area (Å²) in [7, 11) is 0. The lowest BCUT2D eigenvalue weighted by Crippen LogP contribution is -2.26. The third-order valence-corrected chi connectivity index (χ3v) is 3.94. The minimum Gasteiger partial charge on any atom is -0.345 e. The summed E-state index contributed by atoms with van der Waals surface area (Å²) in [6.07, 6.45) is -4.60. The summed E-state index contributed by atoms with van der Waals surface area (Å²) >= 11 is 1.41. The number of benzene rings is 1. The Labute approximate surface area is 138 Å². The third-order valence-electron chi connectivity index (χ3n) is 3.08. The number of carbonyl (C=O) groups excluding carboxylic acids is 1. The van der Waals surface area contributed by atoms with E-state index in [1.165, 1.54) is 23.5 Å². The van der Waals surface area contributed by atoms with Gasteiger partial charge in [0.2, 0.25) is 0 Å². The fraction of sp³-hybridized carbons (Fsp3) is 0.133. The van der Waals surface area contributed by atoms with Crippen molar-refractivity contribution in [3.8, 4) is 10.8 Å². The summed E-state index contributed by atoms with van der Waals surface area (Å²) in [5, 5.41) is 7.90. The van der Waals surface area contributed by atoms with Crippen molar-refractivity contribution in [1.82, 2.24) is 15.5 Å². The Bertz CT molecular complexity index is 844. The molecule has 0 atom stereocenters. The molecule has 0 aliphatic rings. The summed E-state index contributed by atoms with van der Waals surface area (Å²) in [5.41, 5.74) is -1.44. The second-order valence-corrected chi connectivity index (χ2v) is 5.67. The van der Waals surface area contributed by atoms with E-state index >= 15 is 0 Å². The third kappa shape index (κ3) is 3.46. The van der Waals surface area contributed by atoms with Gasteiger partial charge >= 0.3 is 6.18 Å². The van der Waals surface area contributed by atoms with Gasteiger partial charge in [0, 0.05) is 0 Å². The molecule has 1 amide bonds. The van der Waals surface area contributed by atoms with Gasteiger partial charge in [-0.3, -0.25) is 4.79 Å². The van der Waals surface area contributed by atoms with Crippen LogP contribution < -0.4 is 5.32 Å². The topological polar surface area (TPSA) is 68.0 Å². The van der Waals surface area contributed by atoms with Gasteiger partial charge in [-0.25, -0.2) is 0 Å². The molecule has 0 saturated carbocycles. The number of nitrogens with zero attached hydrogens (tertiary/aromatic N) is 2. The molecule has 0 aliphatic carbocycles. The number of amides is 1. The number of rotatable bonds is 4. The molecule has 5 nitrogen and oxygen atoms in total. The number of nitrogens with one attached hydrogen (secondary N) is 1. The summed E-state index contributed by atoms with van der Waals surface area (Å²) in [5.74, 6) is -0.383. The Morgan fingerprint density at radius 2 is 2.00 bits per heavy atom. The van der Waals surface area contributed by atoms with Gasteiger partial charge in [-0.05, 0) is 23.6 Å². The highest BCUT2D eigenvalue weighted by molar-refractivity contribution is 7.13. The van der Waals surface area contributed by atoms with Gasteiger partial charge in [0.25, 0.3) is 11.8 Å². The van der Waals surface area contributed by atoms with Crippen molar-refractivity contribution in [3.63, 3.8) is 0 Å². The van der Waals surface area contributed by atoms with E-state index in [4.69, 9.17) is 4.52 Å². The minimum absolute atomic E-state index is 0.139. The fourth-order valence-corrected chi connectivity index (χ4v) is 2.65. The highest BCUT2D eigenvalue weighted by Gasteiger charge is 2.34. The van der Waals surface area contributed by atoms with Crippen LogP contribution in [-0.2, 0) is 12.7 Å². The molecular weight excluding hydrogens is 343 g/mol. The van der Waals surface area contributed by atoms with Crippen LogP contribution in [-0.4, -0.2) is 16.0 Å². The van der Waals surface area contributed by atoms with Crippen molar-refractivity contribution >= 4 is 17.2 Å². The highest BCUT2D eigenvalue weighted by Crippen LogP contribution is 2.31. The van der Waals surface area contributed by atoms with Crippen molar-refractivity contribution in [2.45, 2.75) is 12.7 Å². The maximum atomic E-state index is 12.9. The molecule has 0 aliphatic heterocycles. The molecule has 0 fully saturated rings. The average molecular weight is 353 g/mol. The van der Waals surface area contributed by atoms with Crippen molar-refractivity contribution < 1.29 is 22.5 Å². The van der Waals surface area contributed by atoms with E-state index in [1.54, 1.807) is 6.07 Å². The predicted molar refractivity (Wildman–Crippen MR) is 80.2 cm³/mol. The molecule has 0 unspecified atom stereocenters. The summed E-state index contributed by atoms with van der Waals surface area (Å²) in [4.78, 5) is 16.9. The Morgan fingerprint density at radius 1 is 1.21 bits per heavy atom. The second kappa shape index (κ2) is 6.44. The maximum absolute atomic E-state index is 12.9. The Balaban J connectivity index is 1.71. The van der Waals surface area contributed by atoms with Crippen LogP contribution in [0.25, 0.3) is 10.8 Å². The SMILES string of the molecule is O=C(NCc1noc(-c2cccs2)n1)c1ccccc1C(F)(F)F. The van der Waals surface area contributed by atoms with Gasteiger partial charge < -0.3 is 9.84 Å². The van der Waals surface area contributed by atoms with Crippen LogP contribution in [0, 0.1) is 0 Å². The van der Waals surface area contributed by atoms with E-state index in [9.17, 15) is 18.0 Å². The summed E-state index contributed by atoms with van der Waals surface area (Å²) in [6.45, 7) is -0.139. The summed E-state index contributed by atoms with van der Waals surface area (Å²) < 4.78 is 43.8. The van der Waals surface area contributed by atoms with Crippen molar-refractivity contribution in [3.05, 3.63) is 58.7 Å². The second-order valence-electron chi connectivity index (χ2n) is 4.72. The molecule has 1 N–H and O–H groups in total. The first-order valence-corrected chi connectivity index (χ1v) is 7.64. The molecular formula is C15H10F3N3O2S. The normalized spacial score (nSPS) is 11.5. The van der Waals surface area contributed by atoms with Crippen molar-refractivity contribution in [1.29, 1.82) is 0 Å². The van der Waals surface area contributed by atoms with Gasteiger partial charge in [-0.1, -0.05) is 23.4 Å². The molecule has 0 spiro atoms. The molecule has 24 heavy (non-hydrogen) atoms. The minimum atomic E-state index is -4.60. The van der Waals surface area contributed by atoms with E-state index in [2.05, 4.69) is 15.5 Å². The first-order chi connectivity index (χ1) is 11.4. The van der Waals surface area contributed by atoms with Crippen LogP contribution >= 0.6 is 11.3 Å². The first kappa shape index (κ1) is 16.2. The Morgan fingerprint density at radius 3 is 2.71 bits per heavy atom. The largest absolute Gasteiger partial charge is 0.417 e. The molecule has 9 heteroatoms. The molecule has 0 radical (unpaired) electrons. The smallest absolute Gasteiger partial charge is 0.345 e. The number of halogens is 3. The number of aromatic nitrogens is 2. The van der Waals surface area contributed by atoms with Crippen LogP contribution in [0.4, 0.5) is 13.2 Å². The fourth-order valence-electron chi connectivity index (χ4n) is 2.01. The molecule has 0 bridgehead atoms. The standard InChI is InChI=1S/C15H10F3N3O2S/c16-15(17,18)10-5-2-1-4-9(10)13(22)19-8-12-20-14(23-21-12)11-6-3-7-24-11/h1-7H,8H2,(H,19,22). The van der Waals surface area contributed by atoms with Crippen molar-refractivity contribution in [2.24, 2.45) is 0 Å². The molecule has 3 rings (SSSR count). The van der Waals surface area contributed by atoms with Crippen LogP contribution in [0.1, 0.15) is 21.7 Å². The van der Waals surface area contributed by atoms with Crippen LogP contribution in [0.2, 0.25) is 0 Å². The zero-order valence-corrected chi connectivity index (χ0v) is 12.8. The highest BCUT2D eigenvalue weighted by atomic mass is 32.1. The maximum Gasteiger partial charge on any atom is 0.417 e. The lowest BCUT2D eigenvalue weighted by Gasteiger charge is -2.11. The zero-order valence-electron chi connectivity index (χ0n) is 12.0. The van der Waals surface area contributed by atoms with Gasteiger partial charge in [0.05, 0.1) is 22.5 Å². The van der Waals surface area contributed by atoms with E-state index < -0.39 is 23.2 Å². The van der Waals surface area contributed by atoms with Crippen molar-refractivity contribution in [2.75, 3.05) is 0 Å². The van der Waals surface area contributed by atoms with Gasteiger partial charge in [-0.2, -0.15) is 18.2 Å². The molecule has 2 aromatic heterocycles. The molecule has 0 saturated heterocycles. The molecule has 1 aromatic carbocycles. The quantitative estimate of drug-likeness (QED) is 0.776. The van der Waals surface area contributed by atoms with E-state index in [0.29, 0.717) is 5.89 Å². The monoisotopic (exact) mass is 353 g/mol. The van der Waals surface area contributed by atoms with E-state index in [0.717, 1.165) is 17.0 Å². The lowest BCUT2D eigenvalue weighted by atomic mass is 10.1. The molecule has 3 aromatic rings. The van der Waals surface area contributed by atoms with Crippen LogP contribution in [0.15, 0.2) is 46.3 Å². The Hall–Kier alpha value is -2.68. The van der Waals surface area contributed by atoms with Gasteiger partial charge in [-0.15, -0.1) is 11.3 Å². The first-order valence-electron chi connectivity index (χ1n) is 6.76. The summed E-state index contributed by atoms with van der Waals surface area (Å²) in [6, 6.07) is 8.18. The number of thiophene rings is 1. The molecule has 2 heterocycles. The van der Waals surface area contributed by atoms with E-state index in [1.807, 2.05) is 11.4 Å². The lowest BCUT2D eigenvalue weighted by molar-refractivity contribution is -0.137. The number of alkyl halides is 3. The number of hydrogen-bond acceptors (Lipinski definition) is 5. The number of carbonyl (C=O) groups is 1. The van der Waals surface area contributed by atoms with Gasteiger partial charge in [0.1, 0.15) is 0 Å². The average Bonchev–Trinajstić information content (AvgIpc) is 3.23. The van der Waals surface area contributed by atoms with Crippen LogP contribution in [0.3, 0.4) is 0 Å². The Kier molecular flexibility index (Phi) is 4.34. The predicted octanol–water partition coefficient (Wildman–Crippen LogP) is 3.75. The molecule has 124 valence electrons.